The minimum absolute atomic E-state index is 0.0331. The van der Waals surface area contributed by atoms with Gasteiger partial charge in [-0.3, -0.25) is 13.9 Å². The summed E-state index contributed by atoms with van der Waals surface area (Å²) in [6.07, 6.45) is -3.39. The van der Waals surface area contributed by atoms with Crippen molar-refractivity contribution in [1.29, 1.82) is 0 Å². The summed E-state index contributed by atoms with van der Waals surface area (Å²) in [5.41, 5.74) is 1.21. The Hall–Kier alpha value is -2.51. The third-order valence-corrected chi connectivity index (χ3v) is 7.60. The van der Waals surface area contributed by atoms with Crippen LogP contribution in [-0.4, -0.2) is 61.8 Å². The van der Waals surface area contributed by atoms with Gasteiger partial charge in [0.15, 0.2) is 6.23 Å². The molecule has 1 aliphatic heterocycles. The van der Waals surface area contributed by atoms with E-state index in [1.165, 1.54) is 57.3 Å². The Morgan fingerprint density at radius 1 is 1.34 bits per heavy atom. The highest BCUT2D eigenvalue weighted by atomic mass is 35.5. The monoisotopic (exact) mass is 574 g/mol. The van der Waals surface area contributed by atoms with Crippen molar-refractivity contribution in [1.82, 2.24) is 14.6 Å². The van der Waals surface area contributed by atoms with E-state index in [-0.39, 0.29) is 11.6 Å². The molecule has 5 atom stereocenters. The second-order valence-electron chi connectivity index (χ2n) is 9.77. The molecule has 3 rings (SSSR count). The zero-order valence-electron chi connectivity index (χ0n) is 21.5. The molecule has 0 spiro atoms. The number of hydrogen-bond acceptors (Lipinski definition) is 11. The number of nitrogen functional groups attached to an aromatic ring is 1. The second-order valence-corrected chi connectivity index (χ2v) is 11.9. The number of nitrogens with zero attached hydrogens (tertiary/aromatic N) is 2. The fourth-order valence-electron chi connectivity index (χ4n) is 3.62. The quantitative estimate of drug-likeness (QED) is 0.239. The van der Waals surface area contributed by atoms with Gasteiger partial charge in [-0.05, 0) is 65.0 Å². The number of carbonyl (C=O) groups is 1. The Morgan fingerprint density at radius 2 is 1.97 bits per heavy atom. The highest BCUT2D eigenvalue weighted by molar-refractivity contribution is 7.52. The first kappa shape index (κ1) is 30.0. The first-order chi connectivity index (χ1) is 17.5. The normalized spacial score (nSPS) is 25.2. The maximum Gasteiger partial charge on any atom is 0.459 e. The molecule has 1 aromatic carbocycles. The van der Waals surface area contributed by atoms with E-state index >= 15 is 0 Å². The molecule has 0 aliphatic carbocycles. The number of nitrogens with one attached hydrogen (secondary N) is 1. The summed E-state index contributed by atoms with van der Waals surface area (Å²) in [6, 6.07) is 7.23. The lowest BCUT2D eigenvalue weighted by atomic mass is 9.96. The summed E-state index contributed by atoms with van der Waals surface area (Å²) in [5, 5.41) is 24.7. The number of aliphatic hydroxyl groups excluding tert-OH is 1. The fraction of sp³-hybridized carbons (Fsp3) is 0.522. The largest absolute Gasteiger partial charge is 0.462 e. The summed E-state index contributed by atoms with van der Waals surface area (Å²) < 4.78 is 37.0. The maximum absolute atomic E-state index is 13.9. The van der Waals surface area contributed by atoms with E-state index in [9.17, 15) is 24.4 Å². The van der Waals surface area contributed by atoms with Gasteiger partial charge in [0.1, 0.15) is 34.9 Å². The minimum Gasteiger partial charge on any atom is -0.462 e. The fourth-order valence-corrected chi connectivity index (χ4v) is 5.43. The van der Waals surface area contributed by atoms with Crippen LogP contribution in [0.5, 0.6) is 5.75 Å². The zero-order valence-corrected chi connectivity index (χ0v) is 23.2. The third kappa shape index (κ3) is 6.92. The maximum atomic E-state index is 13.9. The number of esters is 1. The van der Waals surface area contributed by atoms with E-state index in [4.69, 9.17) is 35.9 Å². The molecule has 1 fully saturated rings. The molecule has 1 saturated heterocycles. The molecular formula is C23H32ClN4O9P. The lowest BCUT2D eigenvalue weighted by Crippen LogP contribution is -2.48. The summed E-state index contributed by atoms with van der Waals surface area (Å²) in [4.78, 5) is 28.5. The Morgan fingerprint density at radius 3 is 2.55 bits per heavy atom. The molecule has 0 bridgehead atoms. The predicted molar refractivity (Wildman–Crippen MR) is 138 cm³/mol. The number of aromatic nitrogens is 2. The Labute approximate surface area is 224 Å². The topological polar surface area (TPSA) is 184 Å². The van der Waals surface area contributed by atoms with Crippen molar-refractivity contribution in [3.05, 3.63) is 52.0 Å². The molecule has 1 aliphatic rings. The smallest absolute Gasteiger partial charge is 0.459 e. The molecule has 13 nitrogen and oxygen atoms in total. The number of anilines is 1. The van der Waals surface area contributed by atoms with Crippen molar-refractivity contribution in [2.24, 2.45) is 0 Å². The molecule has 15 heteroatoms. The van der Waals surface area contributed by atoms with Crippen LogP contribution in [0.15, 0.2) is 41.3 Å². The van der Waals surface area contributed by atoms with Crippen LogP contribution in [0.3, 0.4) is 0 Å². The molecular weight excluding hydrogens is 543 g/mol. The van der Waals surface area contributed by atoms with Gasteiger partial charge in [0.2, 0.25) is 0 Å². The SMILES string of the molecule is CC(C)OC(=O)C(C)(C)NP(=O)(OCC1OC(n2ccc(N)nc2=O)[C@](C)(O)[C@@H]1O)Oc1ccc(Cl)cc1. The van der Waals surface area contributed by atoms with Gasteiger partial charge in [0, 0.05) is 11.2 Å². The van der Waals surface area contributed by atoms with Crippen molar-refractivity contribution in [3.8, 4) is 5.75 Å². The lowest BCUT2D eigenvalue weighted by molar-refractivity contribution is -0.153. The minimum atomic E-state index is -4.37. The number of ether oxygens (including phenoxy) is 2. The Bertz CT molecular complexity index is 1250. The molecule has 2 heterocycles. The van der Waals surface area contributed by atoms with E-state index in [2.05, 4.69) is 10.1 Å². The number of rotatable bonds is 10. The highest BCUT2D eigenvalue weighted by Gasteiger charge is 2.54. The standard InChI is InChI=1S/C23H32ClN4O9P/c1-13(2)35-20(30)22(3,4)27-38(33,37-15-8-6-14(24)7-9-15)34-12-16-18(29)23(5,32)19(36-16)28-11-10-17(25)26-21(28)31/h6-11,13,16,18-19,29,32H,12H2,1-5H3,(H,27,33)(H2,25,26,31)/t16?,18-,19?,23-,38?/m1/s1. The first-order valence-corrected chi connectivity index (χ1v) is 13.6. The van der Waals surface area contributed by atoms with Crippen LogP contribution < -0.4 is 21.0 Å². The number of hydrogen-bond donors (Lipinski definition) is 4. The van der Waals surface area contributed by atoms with Gasteiger partial charge in [-0.15, -0.1) is 0 Å². The number of benzene rings is 1. The van der Waals surface area contributed by atoms with Crippen LogP contribution in [0.25, 0.3) is 0 Å². The summed E-state index contributed by atoms with van der Waals surface area (Å²) in [5.74, 6) is -0.642. The van der Waals surface area contributed by atoms with E-state index in [0.29, 0.717) is 5.02 Å². The number of halogens is 1. The number of nitrogens with two attached hydrogens (primary N) is 1. The van der Waals surface area contributed by atoms with E-state index in [0.717, 1.165) is 4.57 Å². The van der Waals surface area contributed by atoms with Crippen LogP contribution in [0, 0.1) is 0 Å². The van der Waals surface area contributed by atoms with Gasteiger partial charge < -0.3 is 29.9 Å². The van der Waals surface area contributed by atoms with Crippen LogP contribution >= 0.6 is 19.3 Å². The Kier molecular flexibility index (Phi) is 8.94. The summed E-state index contributed by atoms with van der Waals surface area (Å²) in [6.45, 7) is 6.88. The highest BCUT2D eigenvalue weighted by Crippen LogP contribution is 2.48. The van der Waals surface area contributed by atoms with Crippen LogP contribution in [-0.2, 0) is 23.4 Å². The van der Waals surface area contributed by atoms with Crippen LogP contribution in [0.2, 0.25) is 5.02 Å². The lowest BCUT2D eigenvalue weighted by Gasteiger charge is -2.30. The number of aliphatic hydroxyl groups is 2. The molecule has 38 heavy (non-hydrogen) atoms. The molecule has 2 aromatic rings. The van der Waals surface area contributed by atoms with Gasteiger partial charge in [-0.1, -0.05) is 11.6 Å². The average Bonchev–Trinajstić information content (AvgIpc) is 3.02. The van der Waals surface area contributed by atoms with Gasteiger partial charge in [-0.2, -0.15) is 10.1 Å². The summed E-state index contributed by atoms with van der Waals surface area (Å²) in [7, 11) is -4.37. The van der Waals surface area contributed by atoms with Crippen LogP contribution in [0.4, 0.5) is 5.82 Å². The molecule has 0 saturated carbocycles. The first-order valence-electron chi connectivity index (χ1n) is 11.6. The van der Waals surface area contributed by atoms with Crippen molar-refractivity contribution < 1.29 is 38.1 Å². The predicted octanol–water partition coefficient (Wildman–Crippen LogP) is 2.01. The van der Waals surface area contributed by atoms with E-state index < -0.39 is 61.7 Å². The molecule has 0 amide bonds. The average molecular weight is 575 g/mol. The second kappa shape index (κ2) is 11.3. The third-order valence-electron chi connectivity index (χ3n) is 5.58. The molecule has 1 aromatic heterocycles. The molecule has 3 unspecified atom stereocenters. The molecule has 0 radical (unpaired) electrons. The van der Waals surface area contributed by atoms with Crippen molar-refractivity contribution in [3.63, 3.8) is 0 Å². The van der Waals surface area contributed by atoms with Gasteiger partial charge in [-0.25, -0.2) is 9.36 Å². The van der Waals surface area contributed by atoms with E-state index in [1.807, 2.05) is 0 Å². The van der Waals surface area contributed by atoms with Crippen molar-refractivity contribution in [2.75, 3.05) is 12.3 Å². The van der Waals surface area contributed by atoms with Crippen molar-refractivity contribution in [2.45, 2.75) is 70.3 Å². The van der Waals surface area contributed by atoms with E-state index in [1.54, 1.807) is 13.8 Å². The molecule has 5 N–H and O–H groups in total. The van der Waals surface area contributed by atoms with Gasteiger partial charge in [0.05, 0.1) is 12.7 Å². The van der Waals surface area contributed by atoms with Gasteiger partial charge in [0.25, 0.3) is 0 Å². The zero-order chi connectivity index (χ0) is 28.5. The molecule has 210 valence electrons. The number of carbonyl (C=O) groups excluding carboxylic acids is 1. The van der Waals surface area contributed by atoms with Gasteiger partial charge >= 0.3 is 19.4 Å². The Balaban J connectivity index is 1.85. The van der Waals surface area contributed by atoms with Crippen molar-refractivity contribution >= 4 is 31.1 Å². The van der Waals surface area contributed by atoms with Crippen LogP contribution in [0.1, 0.15) is 40.8 Å². The summed E-state index contributed by atoms with van der Waals surface area (Å²) >= 11 is 5.92.